The van der Waals surface area contributed by atoms with Crippen molar-refractivity contribution >= 4 is 32.9 Å². The van der Waals surface area contributed by atoms with Gasteiger partial charge in [-0.15, -0.1) is 11.3 Å². The van der Waals surface area contributed by atoms with Crippen molar-refractivity contribution in [1.82, 2.24) is 4.98 Å². The molecule has 2 aromatic rings. The van der Waals surface area contributed by atoms with Gasteiger partial charge in [-0.3, -0.25) is 10.1 Å². The van der Waals surface area contributed by atoms with Crippen LogP contribution in [-0.4, -0.2) is 23.0 Å². The van der Waals surface area contributed by atoms with Crippen LogP contribution in [0.4, 0.5) is 11.4 Å². The van der Waals surface area contributed by atoms with Gasteiger partial charge in [0.1, 0.15) is 5.69 Å². The molecule has 0 saturated heterocycles. The second-order valence-electron chi connectivity index (χ2n) is 3.92. The van der Waals surface area contributed by atoms with Crippen LogP contribution in [0, 0.1) is 17.0 Å². The minimum Gasteiger partial charge on any atom is -0.376 e. The fraction of sp³-hybridized carbons (Fsp3) is 0.250. The average Bonchev–Trinajstić information content (AvgIpc) is 2.72. The summed E-state index contributed by atoms with van der Waals surface area (Å²) in [5.41, 5.74) is 6.65. The number of aromatic nitrogens is 1. The zero-order valence-corrected chi connectivity index (χ0v) is 11.2. The van der Waals surface area contributed by atoms with Crippen LogP contribution < -0.4 is 11.1 Å². The Labute approximate surface area is 114 Å². The molecule has 1 heterocycles. The quantitative estimate of drug-likeness (QED) is 0.497. The smallest absolute Gasteiger partial charge is 0.293 e. The van der Waals surface area contributed by atoms with Crippen molar-refractivity contribution in [2.45, 2.75) is 6.92 Å². The lowest BCUT2D eigenvalue weighted by molar-refractivity contribution is -0.383. The highest BCUT2D eigenvalue weighted by atomic mass is 32.1. The number of benzene rings is 1. The molecule has 0 aliphatic rings. The number of aryl methyl sites for hydroxylation is 1. The van der Waals surface area contributed by atoms with E-state index in [0.717, 1.165) is 15.2 Å². The van der Waals surface area contributed by atoms with Gasteiger partial charge < -0.3 is 11.1 Å². The molecule has 0 radical (unpaired) electrons. The van der Waals surface area contributed by atoms with Crippen LogP contribution in [0.5, 0.6) is 0 Å². The predicted octanol–water partition coefficient (Wildman–Crippen LogP) is 2.44. The first-order valence-corrected chi connectivity index (χ1v) is 6.58. The molecule has 1 aromatic heterocycles. The molecule has 2 rings (SSSR count). The summed E-state index contributed by atoms with van der Waals surface area (Å²) in [5, 5.41) is 15.0. The molecular formula is C12H14N4O2S. The largest absolute Gasteiger partial charge is 0.376 e. The van der Waals surface area contributed by atoms with E-state index in [1.54, 1.807) is 18.2 Å². The Balaban J connectivity index is 2.35. The number of nitrogens with one attached hydrogen (secondary N) is 1. The molecule has 1 aromatic carbocycles. The van der Waals surface area contributed by atoms with E-state index < -0.39 is 0 Å². The number of hydrogen-bond acceptors (Lipinski definition) is 6. The number of rotatable bonds is 5. The summed E-state index contributed by atoms with van der Waals surface area (Å²) in [6, 6.07) is 3.28. The number of fused-ring (bicyclic) bond motifs is 1. The van der Waals surface area contributed by atoms with Crippen molar-refractivity contribution in [2.24, 2.45) is 5.73 Å². The van der Waals surface area contributed by atoms with Gasteiger partial charge in [-0.05, 0) is 13.0 Å². The topological polar surface area (TPSA) is 94.1 Å². The summed E-state index contributed by atoms with van der Waals surface area (Å²) in [4.78, 5) is 15.0. The Bertz CT molecular complexity index is 636. The molecule has 0 atom stereocenters. The van der Waals surface area contributed by atoms with E-state index in [0.29, 0.717) is 18.8 Å². The van der Waals surface area contributed by atoms with Crippen molar-refractivity contribution in [1.29, 1.82) is 0 Å². The van der Waals surface area contributed by atoms with Gasteiger partial charge in [-0.2, -0.15) is 0 Å². The van der Waals surface area contributed by atoms with E-state index in [4.69, 9.17) is 5.73 Å². The van der Waals surface area contributed by atoms with Gasteiger partial charge in [0.25, 0.3) is 5.69 Å². The second-order valence-corrected chi connectivity index (χ2v) is 5.15. The van der Waals surface area contributed by atoms with Crippen LogP contribution in [-0.2, 0) is 0 Å². The molecule has 0 saturated carbocycles. The molecule has 100 valence electrons. The maximum absolute atomic E-state index is 11.1. The molecule has 7 heteroatoms. The van der Waals surface area contributed by atoms with Crippen LogP contribution in [0.1, 0.15) is 5.01 Å². The molecule has 0 aliphatic heterocycles. The molecule has 0 unspecified atom stereocenters. The standard InChI is InChI=1S/C12H14N4O2S/c1-8-15-10-6-9(14-5-3-2-4-13)11(16(17)18)7-12(10)19-8/h2-3,6-7,14H,4-5,13H2,1H3/b3-2+. The zero-order chi connectivity index (χ0) is 13.8. The monoisotopic (exact) mass is 278 g/mol. The molecule has 0 spiro atoms. The van der Waals surface area contributed by atoms with Crippen molar-refractivity contribution in [3.63, 3.8) is 0 Å². The van der Waals surface area contributed by atoms with Crippen molar-refractivity contribution in [3.8, 4) is 0 Å². The Morgan fingerprint density at radius 2 is 2.32 bits per heavy atom. The number of nitrogens with zero attached hydrogens (tertiary/aromatic N) is 2. The summed E-state index contributed by atoms with van der Waals surface area (Å²) >= 11 is 1.45. The number of anilines is 1. The van der Waals surface area contributed by atoms with E-state index in [1.165, 1.54) is 11.3 Å². The van der Waals surface area contributed by atoms with E-state index in [2.05, 4.69) is 10.3 Å². The Morgan fingerprint density at radius 3 is 3.00 bits per heavy atom. The number of thiazole rings is 1. The van der Waals surface area contributed by atoms with Crippen LogP contribution in [0.15, 0.2) is 24.3 Å². The van der Waals surface area contributed by atoms with Gasteiger partial charge in [-0.1, -0.05) is 12.2 Å². The third-order valence-electron chi connectivity index (χ3n) is 2.52. The van der Waals surface area contributed by atoms with Gasteiger partial charge in [-0.25, -0.2) is 4.98 Å². The number of nitro benzene ring substituents is 1. The van der Waals surface area contributed by atoms with Crippen molar-refractivity contribution in [2.75, 3.05) is 18.4 Å². The number of hydrogen-bond donors (Lipinski definition) is 2. The summed E-state index contributed by atoms with van der Waals surface area (Å²) in [7, 11) is 0. The first kappa shape index (κ1) is 13.4. The molecule has 6 nitrogen and oxygen atoms in total. The molecule has 0 bridgehead atoms. The Morgan fingerprint density at radius 1 is 1.53 bits per heavy atom. The Hall–Kier alpha value is -1.99. The zero-order valence-electron chi connectivity index (χ0n) is 10.4. The third-order valence-corrected chi connectivity index (χ3v) is 3.46. The van der Waals surface area contributed by atoms with Crippen molar-refractivity contribution in [3.05, 3.63) is 39.4 Å². The van der Waals surface area contributed by atoms with Gasteiger partial charge in [0.05, 0.1) is 20.1 Å². The summed E-state index contributed by atoms with van der Waals surface area (Å²) in [6.45, 7) is 2.83. The van der Waals surface area contributed by atoms with E-state index >= 15 is 0 Å². The molecule has 0 aliphatic carbocycles. The van der Waals surface area contributed by atoms with Crippen LogP contribution >= 0.6 is 11.3 Å². The Kier molecular flexibility index (Phi) is 4.08. The van der Waals surface area contributed by atoms with E-state index in [1.807, 2.05) is 13.0 Å². The summed E-state index contributed by atoms with van der Waals surface area (Å²) in [5.74, 6) is 0. The number of nitro groups is 1. The SMILES string of the molecule is Cc1nc2cc(NC/C=C/CN)c([N+](=O)[O-])cc2s1. The predicted molar refractivity (Wildman–Crippen MR) is 77.7 cm³/mol. The van der Waals surface area contributed by atoms with Crippen LogP contribution in [0.3, 0.4) is 0 Å². The van der Waals surface area contributed by atoms with Crippen LogP contribution in [0.25, 0.3) is 10.2 Å². The lowest BCUT2D eigenvalue weighted by atomic mass is 10.2. The minimum atomic E-state index is -0.385. The summed E-state index contributed by atoms with van der Waals surface area (Å²) < 4.78 is 0.826. The molecular weight excluding hydrogens is 264 g/mol. The normalized spacial score (nSPS) is 11.3. The van der Waals surface area contributed by atoms with Gasteiger partial charge in [0.15, 0.2) is 0 Å². The van der Waals surface area contributed by atoms with Gasteiger partial charge in [0.2, 0.25) is 0 Å². The highest BCUT2D eigenvalue weighted by molar-refractivity contribution is 7.18. The molecule has 3 N–H and O–H groups in total. The lowest BCUT2D eigenvalue weighted by Crippen LogP contribution is -2.03. The first-order chi connectivity index (χ1) is 9.11. The fourth-order valence-electron chi connectivity index (χ4n) is 1.72. The maximum Gasteiger partial charge on any atom is 0.293 e. The molecule has 0 amide bonds. The summed E-state index contributed by atoms with van der Waals surface area (Å²) in [6.07, 6.45) is 3.63. The molecule has 19 heavy (non-hydrogen) atoms. The van der Waals surface area contributed by atoms with Crippen molar-refractivity contribution < 1.29 is 4.92 Å². The second kappa shape index (κ2) is 5.77. The van der Waals surface area contributed by atoms with Crippen LogP contribution in [0.2, 0.25) is 0 Å². The van der Waals surface area contributed by atoms with E-state index in [-0.39, 0.29) is 10.6 Å². The van der Waals surface area contributed by atoms with Gasteiger partial charge in [0, 0.05) is 19.2 Å². The maximum atomic E-state index is 11.1. The van der Waals surface area contributed by atoms with E-state index in [9.17, 15) is 10.1 Å². The molecule has 0 fully saturated rings. The highest BCUT2D eigenvalue weighted by Crippen LogP contribution is 2.32. The fourth-order valence-corrected chi connectivity index (χ4v) is 2.56. The third kappa shape index (κ3) is 3.07. The number of nitrogens with two attached hydrogens (primary N) is 1. The first-order valence-electron chi connectivity index (χ1n) is 5.76. The lowest BCUT2D eigenvalue weighted by Gasteiger charge is -2.04. The average molecular weight is 278 g/mol. The van der Waals surface area contributed by atoms with Gasteiger partial charge >= 0.3 is 0 Å². The highest BCUT2D eigenvalue weighted by Gasteiger charge is 2.16. The minimum absolute atomic E-state index is 0.0669.